The number of carbonyl (C=O) groups excluding carboxylic acids is 1. The summed E-state index contributed by atoms with van der Waals surface area (Å²) in [6, 6.07) is 5.98. The zero-order valence-corrected chi connectivity index (χ0v) is 8.74. The molecule has 3 heteroatoms. The third-order valence-electron chi connectivity index (χ3n) is 2.70. The molecule has 0 saturated carbocycles. The van der Waals surface area contributed by atoms with Gasteiger partial charge in [-0.1, -0.05) is 17.7 Å². The van der Waals surface area contributed by atoms with Gasteiger partial charge in [-0.3, -0.25) is 9.80 Å². The first-order valence-corrected chi connectivity index (χ1v) is 4.68. The van der Waals surface area contributed by atoms with Gasteiger partial charge in [-0.15, -0.1) is 0 Å². The number of nitrogens with zero attached hydrogens (tertiary/aromatic N) is 2. The molecule has 1 heterocycles. The fourth-order valence-electron chi connectivity index (χ4n) is 1.74. The Morgan fingerprint density at radius 3 is 2.71 bits per heavy atom. The lowest BCUT2D eigenvalue weighted by atomic mass is 10.0. The summed E-state index contributed by atoms with van der Waals surface area (Å²) in [5.41, 5.74) is 3.15. The van der Waals surface area contributed by atoms with Crippen LogP contribution in [0.4, 0.5) is 0 Å². The van der Waals surface area contributed by atoms with Gasteiger partial charge in [0.15, 0.2) is 0 Å². The molecular weight excluding hydrogens is 176 g/mol. The van der Waals surface area contributed by atoms with E-state index in [1.165, 1.54) is 5.56 Å². The first-order valence-electron chi connectivity index (χ1n) is 4.68. The van der Waals surface area contributed by atoms with Crippen LogP contribution in [0.15, 0.2) is 18.2 Å². The van der Waals surface area contributed by atoms with Crippen molar-refractivity contribution in [3.8, 4) is 0 Å². The van der Waals surface area contributed by atoms with Crippen LogP contribution in [-0.4, -0.2) is 30.0 Å². The lowest BCUT2D eigenvalue weighted by Crippen LogP contribution is -2.44. The van der Waals surface area contributed by atoms with E-state index in [0.717, 1.165) is 17.7 Å². The largest absolute Gasteiger partial charge is 0.274 e. The second kappa shape index (κ2) is 3.10. The molecule has 74 valence electrons. The topological polar surface area (TPSA) is 23.6 Å². The molecule has 0 N–H and O–H groups in total. The molecule has 14 heavy (non-hydrogen) atoms. The molecule has 1 aliphatic rings. The molecule has 0 atom stereocenters. The van der Waals surface area contributed by atoms with E-state index in [0.29, 0.717) is 0 Å². The maximum atomic E-state index is 11.8. The predicted molar refractivity (Wildman–Crippen MR) is 54.7 cm³/mol. The van der Waals surface area contributed by atoms with Crippen molar-refractivity contribution in [3.63, 3.8) is 0 Å². The summed E-state index contributed by atoms with van der Waals surface area (Å²) in [5.74, 6) is 0.0775. The van der Waals surface area contributed by atoms with E-state index >= 15 is 0 Å². The van der Waals surface area contributed by atoms with Crippen molar-refractivity contribution in [2.45, 2.75) is 13.5 Å². The Hall–Kier alpha value is -1.35. The molecule has 0 bridgehead atoms. The zero-order chi connectivity index (χ0) is 10.3. The highest BCUT2D eigenvalue weighted by molar-refractivity contribution is 5.96. The summed E-state index contributed by atoms with van der Waals surface area (Å²) in [7, 11) is 3.72. The minimum atomic E-state index is 0.0775. The SMILES string of the molecule is Cc1ccc2c(c1)CN(C)N(C)C2=O. The van der Waals surface area contributed by atoms with Crippen molar-refractivity contribution in [2.24, 2.45) is 0 Å². The molecule has 1 aromatic rings. The monoisotopic (exact) mass is 190 g/mol. The van der Waals surface area contributed by atoms with Gasteiger partial charge in [-0.2, -0.15) is 0 Å². The first kappa shape index (κ1) is 9.21. The van der Waals surface area contributed by atoms with E-state index in [9.17, 15) is 4.79 Å². The standard InChI is InChI=1S/C11H14N2O/c1-8-4-5-10-9(6-8)7-12(2)13(3)11(10)14/h4-6H,7H2,1-3H3. The highest BCUT2D eigenvalue weighted by Gasteiger charge is 2.24. The molecule has 1 amide bonds. The first-order chi connectivity index (χ1) is 6.59. The molecule has 0 spiro atoms. The van der Waals surface area contributed by atoms with Crippen LogP contribution in [0.5, 0.6) is 0 Å². The van der Waals surface area contributed by atoms with Crippen LogP contribution < -0.4 is 0 Å². The third-order valence-corrected chi connectivity index (χ3v) is 2.70. The minimum absolute atomic E-state index is 0.0775. The van der Waals surface area contributed by atoms with Gasteiger partial charge in [0.05, 0.1) is 0 Å². The second-order valence-electron chi connectivity index (χ2n) is 3.81. The smallest absolute Gasteiger partial charge is 0.268 e. The van der Waals surface area contributed by atoms with E-state index in [1.54, 1.807) is 12.1 Å². The molecular formula is C11H14N2O. The Bertz CT molecular complexity index is 387. The van der Waals surface area contributed by atoms with E-state index in [1.807, 2.05) is 31.1 Å². The van der Waals surface area contributed by atoms with Crippen molar-refractivity contribution in [3.05, 3.63) is 34.9 Å². The number of carbonyl (C=O) groups is 1. The number of hydrazine groups is 1. The molecule has 0 aromatic heterocycles. The van der Waals surface area contributed by atoms with Gasteiger partial charge >= 0.3 is 0 Å². The van der Waals surface area contributed by atoms with E-state index < -0.39 is 0 Å². The molecule has 1 aliphatic heterocycles. The Morgan fingerprint density at radius 2 is 2.00 bits per heavy atom. The third kappa shape index (κ3) is 1.30. The fraction of sp³-hybridized carbons (Fsp3) is 0.364. The Kier molecular flexibility index (Phi) is 2.04. The Morgan fingerprint density at radius 1 is 1.29 bits per heavy atom. The molecule has 0 saturated heterocycles. The normalized spacial score (nSPS) is 17.1. The van der Waals surface area contributed by atoms with Gasteiger partial charge in [0.2, 0.25) is 0 Å². The molecule has 0 unspecified atom stereocenters. The second-order valence-corrected chi connectivity index (χ2v) is 3.81. The number of aryl methyl sites for hydroxylation is 1. The molecule has 0 radical (unpaired) electrons. The van der Waals surface area contributed by atoms with Gasteiger partial charge in [0, 0.05) is 26.2 Å². The van der Waals surface area contributed by atoms with Gasteiger partial charge in [-0.05, 0) is 18.6 Å². The maximum Gasteiger partial charge on any atom is 0.268 e. The van der Waals surface area contributed by atoms with Crippen LogP contribution in [0.1, 0.15) is 21.5 Å². The number of benzene rings is 1. The highest BCUT2D eigenvalue weighted by Crippen LogP contribution is 2.20. The molecule has 3 nitrogen and oxygen atoms in total. The van der Waals surface area contributed by atoms with Crippen molar-refractivity contribution in [1.29, 1.82) is 0 Å². The van der Waals surface area contributed by atoms with Gasteiger partial charge in [0.1, 0.15) is 0 Å². The van der Waals surface area contributed by atoms with Crippen molar-refractivity contribution >= 4 is 5.91 Å². The number of fused-ring (bicyclic) bond motifs is 1. The molecule has 0 aliphatic carbocycles. The highest BCUT2D eigenvalue weighted by atomic mass is 16.2. The van der Waals surface area contributed by atoms with Crippen LogP contribution in [0.3, 0.4) is 0 Å². The Labute approximate surface area is 83.9 Å². The van der Waals surface area contributed by atoms with Crippen LogP contribution in [0.2, 0.25) is 0 Å². The minimum Gasteiger partial charge on any atom is -0.274 e. The average Bonchev–Trinajstić information content (AvgIpc) is 2.14. The molecule has 1 aromatic carbocycles. The van der Waals surface area contributed by atoms with Gasteiger partial charge < -0.3 is 0 Å². The van der Waals surface area contributed by atoms with E-state index in [4.69, 9.17) is 0 Å². The Balaban J connectivity index is 2.51. The molecule has 2 rings (SSSR count). The zero-order valence-electron chi connectivity index (χ0n) is 8.74. The summed E-state index contributed by atoms with van der Waals surface area (Å²) >= 11 is 0. The number of rotatable bonds is 0. The summed E-state index contributed by atoms with van der Waals surface area (Å²) in [6.45, 7) is 2.85. The molecule has 0 fully saturated rings. The van der Waals surface area contributed by atoms with Gasteiger partial charge in [-0.25, -0.2) is 5.01 Å². The summed E-state index contributed by atoms with van der Waals surface area (Å²) in [5, 5.41) is 3.57. The summed E-state index contributed by atoms with van der Waals surface area (Å²) in [4.78, 5) is 11.8. The van der Waals surface area contributed by atoms with Crippen LogP contribution in [-0.2, 0) is 6.54 Å². The van der Waals surface area contributed by atoms with Crippen molar-refractivity contribution in [2.75, 3.05) is 14.1 Å². The van der Waals surface area contributed by atoms with Crippen LogP contribution in [0.25, 0.3) is 0 Å². The van der Waals surface area contributed by atoms with E-state index in [-0.39, 0.29) is 5.91 Å². The van der Waals surface area contributed by atoms with Crippen molar-refractivity contribution in [1.82, 2.24) is 10.0 Å². The number of hydrogen-bond donors (Lipinski definition) is 0. The predicted octanol–water partition coefficient (Wildman–Crippen LogP) is 1.43. The lowest BCUT2D eigenvalue weighted by molar-refractivity contribution is 0.0103. The van der Waals surface area contributed by atoms with Crippen LogP contribution in [0, 0.1) is 6.92 Å². The van der Waals surface area contributed by atoms with Crippen molar-refractivity contribution < 1.29 is 4.79 Å². The number of hydrogen-bond acceptors (Lipinski definition) is 2. The fourth-order valence-corrected chi connectivity index (χ4v) is 1.74. The lowest BCUT2D eigenvalue weighted by Gasteiger charge is -2.34. The number of amides is 1. The van der Waals surface area contributed by atoms with Crippen LogP contribution >= 0.6 is 0 Å². The van der Waals surface area contributed by atoms with E-state index in [2.05, 4.69) is 6.07 Å². The summed E-state index contributed by atoms with van der Waals surface area (Å²) < 4.78 is 0. The summed E-state index contributed by atoms with van der Waals surface area (Å²) in [6.07, 6.45) is 0. The average molecular weight is 190 g/mol. The van der Waals surface area contributed by atoms with Gasteiger partial charge in [0.25, 0.3) is 5.91 Å². The quantitative estimate of drug-likeness (QED) is 0.618. The maximum absolute atomic E-state index is 11.8.